The van der Waals surface area contributed by atoms with Crippen LogP contribution in [0, 0.1) is 23.3 Å². The number of piperidine rings is 1. The van der Waals surface area contributed by atoms with Gasteiger partial charge in [-0.1, -0.05) is 279 Å². The van der Waals surface area contributed by atoms with Crippen molar-refractivity contribution in [3.8, 4) is 0 Å². The quantitative estimate of drug-likeness (QED) is 0.0196. The van der Waals surface area contributed by atoms with E-state index in [1.165, 1.54) is 90.5 Å². The van der Waals surface area contributed by atoms with Crippen LogP contribution in [-0.2, 0) is 36.8 Å². The van der Waals surface area contributed by atoms with Gasteiger partial charge < -0.3 is 46.9 Å². The van der Waals surface area contributed by atoms with Crippen LogP contribution in [-0.4, -0.2) is 162 Å². The lowest BCUT2D eigenvalue weighted by Gasteiger charge is -2.37. The standard InChI is InChI=1S/C16H26N2O.C16H26N2.C12H18ClN.C11H15ClFN.C11H16ClN.3C11H16FN/c1-14(2)17(3)16(15-7-5-4-6-8-15)13-18-9-11-19-12-10-18;1-14(2)17-16(15-9-5-3-6-10-15)13-18-11-7-4-8-12-18;1-9(2)14-8-10(3)11-4-6-12(13)7-5-11;1-8(2)14-7-6-9-10(12)4-3-5-11(9)13;1-9(2)13-7-6-10-4-3-5-11(12)8-10;1-9(2)13-8-7-10-3-5-11(12)6-4-10;1-9(2)13-7-6-10-4-3-5-11(12)8-10;1-9(2)13-8-7-10-5-3-4-6-11(10)12/h4-8,14,16H,9-13H2,1-3H3;3,5-6,9-10,14,16-17H,4,7-8,11-13H2,1-2H3;4-7,9-10,14H,8H2,1-3H3;3-5,8,14H,6-7H2,1-2H3;3-5,8-9,13H,6-7H2,1-2H3;3-6,9,13H,7-8H2,1-2H3;3-5,8-9,13H,6-7H2,1-2H3;3-6,9,13H,7-8H2,1-2H3. The van der Waals surface area contributed by atoms with Crippen LogP contribution < -0.4 is 37.2 Å². The number of nitrogens with zero attached hydrogens (tertiary/aromatic N) is 3. The second-order valence-electron chi connectivity index (χ2n) is 32.7. The van der Waals surface area contributed by atoms with Gasteiger partial charge in [0.1, 0.15) is 23.3 Å². The van der Waals surface area contributed by atoms with Crippen LogP contribution in [0.25, 0.3) is 0 Å². The molecule has 10 rings (SSSR count). The molecule has 2 aliphatic rings. The zero-order valence-corrected chi connectivity index (χ0v) is 76.6. The number of ether oxygens (including phenoxy) is 1. The van der Waals surface area contributed by atoms with Crippen LogP contribution in [0.15, 0.2) is 200 Å². The summed E-state index contributed by atoms with van der Waals surface area (Å²) in [5, 5.41) is 25.7. The van der Waals surface area contributed by atoms with Crippen molar-refractivity contribution >= 4 is 34.8 Å². The van der Waals surface area contributed by atoms with Crippen molar-refractivity contribution in [1.82, 2.24) is 51.9 Å². The van der Waals surface area contributed by atoms with E-state index in [0.29, 0.717) is 83.3 Å². The monoisotopic (exact) mass is 1680 g/mol. The van der Waals surface area contributed by atoms with Crippen molar-refractivity contribution in [2.75, 3.05) is 98.8 Å². The lowest BCUT2D eigenvalue weighted by atomic mass is 10.0. The summed E-state index contributed by atoms with van der Waals surface area (Å²) in [6, 6.07) is 67.9. The second-order valence-corrected chi connectivity index (χ2v) is 34.0. The maximum Gasteiger partial charge on any atom is 0.127 e. The first kappa shape index (κ1) is 105. The van der Waals surface area contributed by atoms with Crippen molar-refractivity contribution in [1.29, 1.82) is 0 Å². The van der Waals surface area contributed by atoms with E-state index in [1.807, 2.05) is 60.7 Å². The maximum atomic E-state index is 13.3. The third-order valence-corrected chi connectivity index (χ3v) is 20.2. The molecule has 2 heterocycles. The molecule has 0 aliphatic carbocycles. The largest absolute Gasteiger partial charge is 0.379 e. The molecule has 0 aromatic heterocycles. The fourth-order valence-electron chi connectivity index (χ4n) is 12.6. The van der Waals surface area contributed by atoms with E-state index < -0.39 is 0 Å². The van der Waals surface area contributed by atoms with Gasteiger partial charge in [0.05, 0.1) is 13.2 Å². The number of likely N-dealkylation sites (N-methyl/N-ethyl adjacent to an activating group) is 1. The highest BCUT2D eigenvalue weighted by Gasteiger charge is 2.24. The smallest absolute Gasteiger partial charge is 0.127 e. The molecular weight excluding hydrogens is 1530 g/mol. The molecule has 2 saturated heterocycles. The number of likely N-dealkylation sites (tertiary alicyclic amines) is 1. The molecule has 8 aromatic rings. The van der Waals surface area contributed by atoms with Crippen molar-refractivity contribution in [3.05, 3.63) is 283 Å². The van der Waals surface area contributed by atoms with Gasteiger partial charge >= 0.3 is 0 Å². The van der Waals surface area contributed by atoms with Gasteiger partial charge in [0.2, 0.25) is 0 Å². The Morgan fingerprint density at radius 3 is 1.33 bits per heavy atom. The summed E-state index contributed by atoms with van der Waals surface area (Å²) in [7, 11) is 2.22. The van der Waals surface area contributed by atoms with E-state index in [9.17, 15) is 17.6 Å². The van der Waals surface area contributed by atoms with Crippen LogP contribution in [0.5, 0.6) is 0 Å². The molecule has 0 bridgehead atoms. The topological polar surface area (TPSA) is 103 Å². The first-order valence-electron chi connectivity index (χ1n) is 43.0. The minimum Gasteiger partial charge on any atom is -0.379 e. The number of morpholine rings is 1. The Bertz CT molecular complexity index is 3660. The summed E-state index contributed by atoms with van der Waals surface area (Å²) >= 11 is 17.6. The molecule has 0 saturated carbocycles. The Morgan fingerprint density at radius 1 is 0.376 bits per heavy atom. The van der Waals surface area contributed by atoms with Crippen LogP contribution in [0.4, 0.5) is 17.6 Å². The van der Waals surface area contributed by atoms with Gasteiger partial charge in [-0.2, -0.15) is 0 Å². The summed E-state index contributed by atoms with van der Waals surface area (Å²) in [5.74, 6) is -0.103. The molecule has 650 valence electrons. The van der Waals surface area contributed by atoms with Crippen molar-refractivity contribution in [2.45, 2.75) is 235 Å². The van der Waals surface area contributed by atoms with Gasteiger partial charge in [0, 0.05) is 114 Å². The fourth-order valence-corrected chi connectivity index (χ4v) is 13.2. The Labute approximate surface area is 721 Å². The third kappa shape index (κ3) is 51.3. The summed E-state index contributed by atoms with van der Waals surface area (Å²) in [6.07, 6.45) is 8.40. The molecule has 3 atom stereocenters. The molecule has 11 nitrogen and oxygen atoms in total. The molecule has 8 aromatic carbocycles. The Morgan fingerprint density at radius 2 is 0.838 bits per heavy atom. The zero-order chi connectivity index (χ0) is 86.3. The van der Waals surface area contributed by atoms with Crippen molar-refractivity contribution in [3.63, 3.8) is 0 Å². The highest BCUT2D eigenvalue weighted by molar-refractivity contribution is 6.31. The highest BCUT2D eigenvalue weighted by Crippen LogP contribution is 2.25. The average Bonchev–Trinajstić information content (AvgIpc) is 0.838. The molecular formula is C99H149Cl3F4N10O. The second kappa shape index (κ2) is 62.9. The van der Waals surface area contributed by atoms with Crippen molar-refractivity contribution in [2.24, 2.45) is 0 Å². The number of benzene rings is 8. The van der Waals surface area contributed by atoms with E-state index in [1.54, 1.807) is 30.3 Å². The van der Waals surface area contributed by atoms with Crippen LogP contribution in [0.2, 0.25) is 15.1 Å². The Kier molecular flexibility index (Phi) is 56.5. The van der Waals surface area contributed by atoms with Crippen molar-refractivity contribution < 1.29 is 22.3 Å². The Balaban J connectivity index is 0.000000347. The summed E-state index contributed by atoms with van der Waals surface area (Å²) in [5.41, 5.74) is 9.06. The molecule has 7 N–H and O–H groups in total. The molecule has 0 amide bonds. The van der Waals surface area contributed by atoms with Crippen LogP contribution >= 0.6 is 34.8 Å². The third-order valence-electron chi connectivity index (χ3n) is 19.4. The fraction of sp³-hybridized carbons (Fsp3) is 0.515. The summed E-state index contributed by atoms with van der Waals surface area (Å²) in [4.78, 5) is 7.58. The van der Waals surface area contributed by atoms with Gasteiger partial charge in [-0.25, -0.2) is 17.6 Å². The number of hydrogen-bond donors (Lipinski definition) is 7. The number of hydrogen-bond acceptors (Lipinski definition) is 11. The summed E-state index contributed by atoms with van der Waals surface area (Å²) < 4.78 is 57.0. The molecule has 0 radical (unpaired) electrons. The predicted octanol–water partition coefficient (Wildman–Crippen LogP) is 22.1. The number of nitrogens with one attached hydrogen (secondary N) is 7. The normalized spacial score (nSPS) is 13.7. The molecule has 3 unspecified atom stereocenters. The predicted molar refractivity (Wildman–Crippen MR) is 496 cm³/mol. The average molecular weight is 1680 g/mol. The maximum absolute atomic E-state index is 13.3. The molecule has 2 fully saturated rings. The molecule has 2 aliphatic heterocycles. The first-order valence-corrected chi connectivity index (χ1v) is 44.2. The lowest BCUT2D eigenvalue weighted by molar-refractivity contribution is 0.0219. The van der Waals surface area contributed by atoms with Gasteiger partial charge in [-0.15, -0.1) is 0 Å². The van der Waals surface area contributed by atoms with Gasteiger partial charge in [0.25, 0.3) is 0 Å². The molecule has 18 heteroatoms. The summed E-state index contributed by atoms with van der Waals surface area (Å²) in [6.45, 7) is 50.6. The molecule has 0 spiro atoms. The number of halogens is 7. The van der Waals surface area contributed by atoms with E-state index >= 15 is 0 Å². The van der Waals surface area contributed by atoms with Gasteiger partial charge in [-0.05, 0) is 223 Å². The van der Waals surface area contributed by atoms with Crippen LogP contribution in [0.1, 0.15) is 199 Å². The lowest BCUT2D eigenvalue weighted by Crippen LogP contribution is -2.43. The van der Waals surface area contributed by atoms with Gasteiger partial charge in [-0.3, -0.25) is 9.80 Å². The van der Waals surface area contributed by atoms with E-state index in [4.69, 9.17) is 39.5 Å². The van der Waals surface area contributed by atoms with E-state index in [0.717, 1.165) is 126 Å². The van der Waals surface area contributed by atoms with E-state index in [-0.39, 0.29) is 23.3 Å². The minimum absolute atomic E-state index is 0.104. The van der Waals surface area contributed by atoms with Crippen LogP contribution in [0.3, 0.4) is 0 Å². The highest BCUT2D eigenvalue weighted by atomic mass is 35.5. The number of rotatable bonds is 34. The SMILES string of the molecule is CC(C)N(C)C(CN1CCOCC1)c1ccccc1.CC(C)NC(CN1CCCCC1)c1ccccc1.CC(C)NCC(C)c1ccc(Cl)cc1.CC(C)NCCc1c(F)cccc1Cl.CC(C)NCCc1ccc(F)cc1.CC(C)NCCc1cccc(Cl)c1.CC(C)NCCc1cccc(F)c1.CC(C)NCCc1ccccc1F. The van der Waals surface area contributed by atoms with E-state index in [2.05, 4.69) is 256 Å². The Hall–Kier alpha value is -6.09. The molecule has 117 heavy (non-hydrogen) atoms. The zero-order valence-electron chi connectivity index (χ0n) is 74.4. The van der Waals surface area contributed by atoms with Gasteiger partial charge in [0.15, 0.2) is 0 Å². The first-order chi connectivity index (χ1) is 55.9. The minimum atomic E-state index is -0.219.